The topological polar surface area (TPSA) is 53.7 Å². The zero-order valence-corrected chi connectivity index (χ0v) is 18.4. The molecule has 0 saturated carbocycles. The van der Waals surface area contributed by atoms with E-state index in [9.17, 15) is 0 Å². The lowest BCUT2D eigenvalue weighted by atomic mass is 10.1. The van der Waals surface area contributed by atoms with Crippen molar-refractivity contribution >= 4 is 45.9 Å². The lowest BCUT2D eigenvalue weighted by Gasteiger charge is -2.22. The summed E-state index contributed by atoms with van der Waals surface area (Å²) < 4.78 is 6.30. The Balaban J connectivity index is 0.00000288. The Morgan fingerprint density at radius 3 is 2.62 bits per heavy atom. The lowest BCUT2D eigenvalue weighted by Crippen LogP contribution is -2.39. The molecule has 0 bridgehead atoms. The van der Waals surface area contributed by atoms with E-state index in [1.807, 2.05) is 33.0 Å². The van der Waals surface area contributed by atoms with Gasteiger partial charge in [-0.05, 0) is 31.9 Å². The highest BCUT2D eigenvalue weighted by atomic mass is 127. The Morgan fingerprint density at radius 1 is 1.33 bits per heavy atom. The number of nitrogens with one attached hydrogen (secondary N) is 1. The monoisotopic (exact) mass is 506 g/mol. The van der Waals surface area contributed by atoms with E-state index >= 15 is 0 Å². The van der Waals surface area contributed by atoms with Gasteiger partial charge in [-0.3, -0.25) is 4.99 Å². The SMILES string of the molecule is CN=C(NCCc1c(C)noc1C)N(C)Cc1ccccc1Br.I. The normalized spacial score (nSPS) is 11.1. The van der Waals surface area contributed by atoms with Crippen molar-refractivity contribution in [1.82, 2.24) is 15.4 Å². The number of nitrogens with zero attached hydrogens (tertiary/aromatic N) is 3. The quantitative estimate of drug-likeness (QED) is 0.379. The molecule has 0 aliphatic heterocycles. The molecular weight excluding hydrogens is 483 g/mol. The first-order valence-corrected chi connectivity index (χ1v) is 8.39. The van der Waals surface area contributed by atoms with Crippen LogP contribution in [0.1, 0.15) is 22.6 Å². The molecule has 0 radical (unpaired) electrons. The van der Waals surface area contributed by atoms with E-state index in [2.05, 4.69) is 48.4 Å². The molecule has 132 valence electrons. The van der Waals surface area contributed by atoms with Gasteiger partial charge in [-0.15, -0.1) is 24.0 Å². The zero-order chi connectivity index (χ0) is 16.8. The molecule has 0 aliphatic rings. The van der Waals surface area contributed by atoms with Crippen LogP contribution in [0.3, 0.4) is 0 Å². The van der Waals surface area contributed by atoms with Crippen LogP contribution in [0.15, 0.2) is 38.3 Å². The van der Waals surface area contributed by atoms with Crippen molar-refractivity contribution < 1.29 is 4.52 Å². The summed E-state index contributed by atoms with van der Waals surface area (Å²) in [4.78, 5) is 6.46. The van der Waals surface area contributed by atoms with Crippen molar-refractivity contribution in [2.75, 3.05) is 20.6 Å². The number of halogens is 2. The number of aromatic nitrogens is 1. The van der Waals surface area contributed by atoms with E-state index < -0.39 is 0 Å². The molecule has 0 aliphatic carbocycles. The first kappa shape index (κ1) is 21.0. The van der Waals surface area contributed by atoms with Crippen molar-refractivity contribution in [1.29, 1.82) is 0 Å². The highest BCUT2D eigenvalue weighted by Gasteiger charge is 2.11. The second-order valence-corrected chi connectivity index (χ2v) is 6.33. The van der Waals surface area contributed by atoms with E-state index in [4.69, 9.17) is 4.52 Å². The van der Waals surface area contributed by atoms with Gasteiger partial charge < -0.3 is 14.7 Å². The molecule has 5 nitrogen and oxygen atoms in total. The van der Waals surface area contributed by atoms with Crippen LogP contribution in [0.2, 0.25) is 0 Å². The van der Waals surface area contributed by atoms with E-state index in [1.165, 1.54) is 11.1 Å². The smallest absolute Gasteiger partial charge is 0.193 e. The second kappa shape index (κ2) is 10.0. The largest absolute Gasteiger partial charge is 0.361 e. The molecule has 1 heterocycles. The predicted octanol–water partition coefficient (Wildman–Crippen LogP) is 3.92. The van der Waals surface area contributed by atoms with Crippen LogP contribution in [-0.2, 0) is 13.0 Å². The molecule has 0 unspecified atom stereocenters. The van der Waals surface area contributed by atoms with Crippen molar-refractivity contribution in [3.63, 3.8) is 0 Å². The minimum absolute atomic E-state index is 0. The van der Waals surface area contributed by atoms with Crippen molar-refractivity contribution in [2.24, 2.45) is 4.99 Å². The Hall–Kier alpha value is -1.09. The molecule has 7 heteroatoms. The first-order chi connectivity index (χ1) is 11.0. The van der Waals surface area contributed by atoms with Gasteiger partial charge in [0.05, 0.1) is 5.69 Å². The van der Waals surface area contributed by atoms with Gasteiger partial charge in [-0.25, -0.2) is 0 Å². The Kier molecular flexibility index (Phi) is 8.75. The van der Waals surface area contributed by atoms with Gasteiger partial charge in [0.1, 0.15) is 5.76 Å². The molecule has 0 amide bonds. The van der Waals surface area contributed by atoms with Crippen LogP contribution in [0.25, 0.3) is 0 Å². The predicted molar refractivity (Wildman–Crippen MR) is 112 cm³/mol. The van der Waals surface area contributed by atoms with Crippen LogP contribution in [0.5, 0.6) is 0 Å². The highest BCUT2D eigenvalue weighted by molar-refractivity contribution is 14.0. The molecule has 1 aromatic heterocycles. The Labute approximate surface area is 169 Å². The molecule has 0 saturated heterocycles. The molecule has 1 N–H and O–H groups in total. The molecule has 0 atom stereocenters. The fraction of sp³-hybridized carbons (Fsp3) is 0.412. The number of rotatable bonds is 5. The molecule has 2 rings (SSSR count). The van der Waals surface area contributed by atoms with Crippen LogP contribution < -0.4 is 5.32 Å². The van der Waals surface area contributed by atoms with Gasteiger partial charge in [0.15, 0.2) is 5.96 Å². The van der Waals surface area contributed by atoms with Crippen LogP contribution in [0, 0.1) is 13.8 Å². The average Bonchev–Trinajstić information content (AvgIpc) is 2.85. The van der Waals surface area contributed by atoms with Gasteiger partial charge in [-0.2, -0.15) is 0 Å². The summed E-state index contributed by atoms with van der Waals surface area (Å²) >= 11 is 3.59. The number of hydrogen-bond acceptors (Lipinski definition) is 3. The van der Waals surface area contributed by atoms with Crippen molar-refractivity contribution in [2.45, 2.75) is 26.8 Å². The zero-order valence-electron chi connectivity index (χ0n) is 14.5. The van der Waals surface area contributed by atoms with Crippen LogP contribution in [-0.4, -0.2) is 36.7 Å². The Morgan fingerprint density at radius 2 is 2.04 bits per heavy atom. The summed E-state index contributed by atoms with van der Waals surface area (Å²) in [6.45, 7) is 5.49. The summed E-state index contributed by atoms with van der Waals surface area (Å²) in [5.74, 6) is 1.76. The second-order valence-electron chi connectivity index (χ2n) is 5.47. The summed E-state index contributed by atoms with van der Waals surface area (Å²) in [7, 11) is 3.83. The minimum Gasteiger partial charge on any atom is -0.361 e. The molecule has 1 aromatic carbocycles. The van der Waals surface area contributed by atoms with Gasteiger partial charge in [0, 0.05) is 37.2 Å². The average molecular weight is 507 g/mol. The van der Waals surface area contributed by atoms with Gasteiger partial charge in [-0.1, -0.05) is 39.3 Å². The summed E-state index contributed by atoms with van der Waals surface area (Å²) in [5, 5.41) is 7.38. The number of guanidine groups is 1. The maximum atomic E-state index is 5.20. The minimum atomic E-state index is 0. The van der Waals surface area contributed by atoms with Crippen LogP contribution in [0.4, 0.5) is 0 Å². The third kappa shape index (κ3) is 5.47. The third-order valence-electron chi connectivity index (χ3n) is 3.78. The maximum Gasteiger partial charge on any atom is 0.193 e. The molecule has 0 spiro atoms. The van der Waals surface area contributed by atoms with Gasteiger partial charge >= 0.3 is 0 Å². The van der Waals surface area contributed by atoms with E-state index in [1.54, 1.807) is 7.05 Å². The molecule has 0 fully saturated rings. The number of benzene rings is 1. The van der Waals surface area contributed by atoms with Crippen molar-refractivity contribution in [3.05, 3.63) is 51.3 Å². The lowest BCUT2D eigenvalue weighted by molar-refractivity contribution is 0.392. The van der Waals surface area contributed by atoms with Gasteiger partial charge in [0.25, 0.3) is 0 Å². The summed E-state index contributed by atoms with van der Waals surface area (Å²) in [6.07, 6.45) is 0.864. The summed E-state index contributed by atoms with van der Waals surface area (Å²) in [5.41, 5.74) is 3.35. The van der Waals surface area contributed by atoms with E-state index in [0.29, 0.717) is 0 Å². The van der Waals surface area contributed by atoms with Gasteiger partial charge in [0.2, 0.25) is 0 Å². The number of aliphatic imine (C=N–C) groups is 1. The summed E-state index contributed by atoms with van der Waals surface area (Å²) in [6, 6.07) is 8.22. The van der Waals surface area contributed by atoms with E-state index in [0.717, 1.165) is 41.4 Å². The van der Waals surface area contributed by atoms with Crippen molar-refractivity contribution in [3.8, 4) is 0 Å². The third-order valence-corrected chi connectivity index (χ3v) is 4.55. The fourth-order valence-corrected chi connectivity index (χ4v) is 2.91. The molecule has 2 aromatic rings. The molecule has 24 heavy (non-hydrogen) atoms. The van der Waals surface area contributed by atoms with Crippen LogP contribution >= 0.6 is 39.9 Å². The molecular formula is C17H24BrIN4O. The number of hydrogen-bond donors (Lipinski definition) is 1. The standard InChI is InChI=1S/C17H23BrN4O.HI/c1-12-15(13(2)23-21-12)9-10-20-17(19-3)22(4)11-14-7-5-6-8-16(14)18;/h5-8H,9-11H2,1-4H3,(H,19,20);1H. The first-order valence-electron chi connectivity index (χ1n) is 7.60. The highest BCUT2D eigenvalue weighted by Crippen LogP contribution is 2.17. The number of aryl methyl sites for hydroxylation is 2. The van der Waals surface area contributed by atoms with E-state index in [-0.39, 0.29) is 24.0 Å². The Bertz CT molecular complexity index is 667. The fourth-order valence-electron chi connectivity index (χ4n) is 2.50. The maximum absolute atomic E-state index is 5.20.